The van der Waals surface area contributed by atoms with Crippen LogP contribution in [0.5, 0.6) is 0 Å². The van der Waals surface area contributed by atoms with Gasteiger partial charge >= 0.3 is 0 Å². The second-order valence-corrected chi connectivity index (χ2v) is 8.31. The van der Waals surface area contributed by atoms with Crippen molar-refractivity contribution >= 4 is 22.3 Å². The Labute approximate surface area is 182 Å². The maximum atomic E-state index is 12.7. The molecule has 0 amide bonds. The van der Waals surface area contributed by atoms with Crippen LogP contribution in [0.25, 0.3) is 10.8 Å². The zero-order valence-electron chi connectivity index (χ0n) is 17.8. The van der Waals surface area contributed by atoms with E-state index in [1.807, 2.05) is 30.5 Å². The van der Waals surface area contributed by atoms with Crippen molar-refractivity contribution in [1.82, 2.24) is 20.1 Å². The minimum absolute atomic E-state index is 0.0848. The van der Waals surface area contributed by atoms with E-state index in [2.05, 4.69) is 20.1 Å². The number of aliphatic hydroxyl groups is 1. The monoisotopic (exact) mass is 422 g/mol. The lowest BCUT2D eigenvalue weighted by molar-refractivity contribution is -0.124. The molecule has 31 heavy (non-hydrogen) atoms. The van der Waals surface area contributed by atoms with Gasteiger partial charge in [0.1, 0.15) is 0 Å². The lowest BCUT2D eigenvalue weighted by Gasteiger charge is -2.34. The number of fused-ring (bicyclic) bond motifs is 1. The van der Waals surface area contributed by atoms with Gasteiger partial charge in [-0.05, 0) is 22.9 Å². The molecule has 7 nitrogen and oxygen atoms in total. The highest BCUT2D eigenvalue weighted by Gasteiger charge is 2.32. The molecule has 2 aromatic rings. The normalized spacial score (nSPS) is 20.9. The van der Waals surface area contributed by atoms with Gasteiger partial charge in [0.2, 0.25) is 0 Å². The van der Waals surface area contributed by atoms with Crippen molar-refractivity contribution in [3.63, 3.8) is 0 Å². The summed E-state index contributed by atoms with van der Waals surface area (Å²) in [5.41, 5.74) is 1.35. The molecule has 1 aliphatic heterocycles. The van der Waals surface area contributed by atoms with E-state index >= 15 is 0 Å². The number of rotatable bonds is 7. The molecule has 0 atom stereocenters. The van der Waals surface area contributed by atoms with Crippen LogP contribution >= 0.6 is 0 Å². The van der Waals surface area contributed by atoms with Gasteiger partial charge in [0.15, 0.2) is 11.6 Å². The van der Waals surface area contributed by atoms with E-state index in [1.165, 1.54) is 0 Å². The van der Waals surface area contributed by atoms with Gasteiger partial charge in [-0.15, -0.1) is 0 Å². The fourth-order valence-electron chi connectivity index (χ4n) is 4.55. The smallest absolute Gasteiger partial charge is 0.168 e. The van der Waals surface area contributed by atoms with Crippen LogP contribution in [0.4, 0.5) is 0 Å². The third-order valence-electron chi connectivity index (χ3n) is 6.32. The second-order valence-electron chi connectivity index (χ2n) is 8.31. The summed E-state index contributed by atoms with van der Waals surface area (Å²) in [5, 5.41) is 14.3. The Morgan fingerprint density at radius 1 is 1.03 bits per heavy atom. The number of allylic oxidation sites excluding steroid dienone is 1. The minimum Gasteiger partial charge on any atom is -0.395 e. The van der Waals surface area contributed by atoms with Crippen LogP contribution in [-0.2, 0) is 9.59 Å². The van der Waals surface area contributed by atoms with Gasteiger partial charge in [0.05, 0.1) is 12.2 Å². The van der Waals surface area contributed by atoms with Gasteiger partial charge in [0, 0.05) is 82.6 Å². The van der Waals surface area contributed by atoms with E-state index in [0.717, 1.165) is 55.6 Å². The summed E-state index contributed by atoms with van der Waals surface area (Å²) in [6.07, 6.45) is 5.89. The first-order valence-corrected chi connectivity index (χ1v) is 11.0. The molecule has 0 bridgehead atoms. The summed E-state index contributed by atoms with van der Waals surface area (Å²) in [7, 11) is 0. The van der Waals surface area contributed by atoms with Crippen LogP contribution in [0, 0.1) is 0 Å². The number of aliphatic hydroxyl groups excluding tert-OH is 1. The van der Waals surface area contributed by atoms with Crippen LogP contribution in [0.15, 0.2) is 48.4 Å². The van der Waals surface area contributed by atoms with E-state index in [4.69, 9.17) is 5.11 Å². The summed E-state index contributed by atoms with van der Waals surface area (Å²) in [6, 6.07) is 7.93. The largest absolute Gasteiger partial charge is 0.395 e. The van der Waals surface area contributed by atoms with Crippen molar-refractivity contribution in [3.05, 3.63) is 54.0 Å². The molecule has 0 spiro atoms. The average Bonchev–Trinajstić information content (AvgIpc) is 2.79. The Morgan fingerprint density at radius 3 is 2.45 bits per heavy atom. The maximum absolute atomic E-state index is 12.7. The summed E-state index contributed by atoms with van der Waals surface area (Å²) < 4.78 is 0. The third kappa shape index (κ3) is 5.18. The minimum atomic E-state index is -0.0857. The summed E-state index contributed by atoms with van der Waals surface area (Å²) in [6.45, 7) is 6.37. The number of Topliss-reactive ketones (excluding diaryl/α,β-unsaturated/α-hetero) is 2. The lowest BCUT2D eigenvalue weighted by Crippen LogP contribution is -2.48. The van der Waals surface area contributed by atoms with Crippen LogP contribution in [0.2, 0.25) is 0 Å². The lowest BCUT2D eigenvalue weighted by atomic mass is 9.79. The van der Waals surface area contributed by atoms with E-state index in [0.29, 0.717) is 25.0 Å². The van der Waals surface area contributed by atoms with E-state index < -0.39 is 0 Å². The molecule has 1 aliphatic carbocycles. The standard InChI is InChI=1S/C24H30N4O3/c29-13-12-28-10-8-27(9-11-28)7-6-26-17-22-23(30)14-19(15-24(22)31)20-3-1-2-18-16-25-5-4-21(18)20/h1-5,16-17,19,26,29H,6-15H2. The molecule has 164 valence electrons. The SMILES string of the molecule is O=C1CC(c2cccc3cnccc23)CC(=O)C1=CNCCN1CCN(CCO)CC1. The van der Waals surface area contributed by atoms with Crippen molar-refractivity contribution in [2.24, 2.45) is 0 Å². The Morgan fingerprint density at radius 2 is 1.74 bits per heavy atom. The highest BCUT2D eigenvalue weighted by Crippen LogP contribution is 2.35. The summed E-state index contributed by atoms with van der Waals surface area (Å²) in [4.78, 5) is 34.3. The first-order valence-electron chi connectivity index (χ1n) is 11.0. The number of hydrogen-bond donors (Lipinski definition) is 2. The van der Waals surface area contributed by atoms with Gasteiger partial charge < -0.3 is 10.4 Å². The molecule has 2 aliphatic rings. The van der Waals surface area contributed by atoms with E-state index in [1.54, 1.807) is 12.4 Å². The molecule has 2 fully saturated rings. The molecular formula is C24H30N4O3. The summed E-state index contributed by atoms with van der Waals surface area (Å²) >= 11 is 0. The van der Waals surface area contributed by atoms with E-state index in [9.17, 15) is 9.59 Å². The topological polar surface area (TPSA) is 85.8 Å². The molecule has 4 rings (SSSR count). The van der Waals surface area contributed by atoms with Crippen molar-refractivity contribution in [1.29, 1.82) is 0 Å². The fraction of sp³-hybridized carbons (Fsp3) is 0.458. The third-order valence-corrected chi connectivity index (χ3v) is 6.32. The first kappa shape index (κ1) is 21.6. The van der Waals surface area contributed by atoms with Crippen LogP contribution in [-0.4, -0.2) is 83.9 Å². The number of carbonyl (C=O) groups excluding carboxylic acids is 2. The Balaban J connectivity index is 1.31. The molecule has 0 unspecified atom stereocenters. The van der Waals surface area contributed by atoms with Gasteiger partial charge in [0.25, 0.3) is 0 Å². The fourth-order valence-corrected chi connectivity index (χ4v) is 4.55. The number of benzene rings is 1. The molecule has 2 N–H and O–H groups in total. The molecule has 0 radical (unpaired) electrons. The van der Waals surface area contributed by atoms with Gasteiger partial charge in [-0.1, -0.05) is 18.2 Å². The van der Waals surface area contributed by atoms with Crippen molar-refractivity contribution in [3.8, 4) is 0 Å². The average molecular weight is 423 g/mol. The van der Waals surface area contributed by atoms with Crippen molar-refractivity contribution < 1.29 is 14.7 Å². The molecule has 1 saturated heterocycles. The Kier molecular flexibility index (Phi) is 7.06. The maximum Gasteiger partial charge on any atom is 0.168 e. The second kappa shape index (κ2) is 10.1. The zero-order valence-corrected chi connectivity index (χ0v) is 17.8. The van der Waals surface area contributed by atoms with Gasteiger partial charge in [-0.3, -0.25) is 24.4 Å². The van der Waals surface area contributed by atoms with E-state index in [-0.39, 0.29) is 24.1 Å². The molecule has 7 heteroatoms. The number of piperazine rings is 1. The number of carbonyl (C=O) groups is 2. The number of hydrogen-bond acceptors (Lipinski definition) is 7. The number of ketones is 2. The van der Waals surface area contributed by atoms with Crippen molar-refractivity contribution in [2.75, 3.05) is 52.4 Å². The quantitative estimate of drug-likeness (QED) is 0.396. The zero-order chi connectivity index (χ0) is 21.6. The summed E-state index contributed by atoms with van der Waals surface area (Å²) in [5.74, 6) is -0.256. The molecule has 1 saturated carbocycles. The number of aromatic nitrogens is 1. The predicted molar refractivity (Wildman–Crippen MR) is 120 cm³/mol. The Bertz CT molecular complexity index is 941. The number of pyridine rings is 1. The number of nitrogens with one attached hydrogen (secondary N) is 1. The Hall–Kier alpha value is -2.61. The first-order chi connectivity index (χ1) is 15.2. The molecule has 1 aromatic carbocycles. The highest BCUT2D eigenvalue weighted by atomic mass is 16.3. The molecule has 2 heterocycles. The van der Waals surface area contributed by atoms with Crippen molar-refractivity contribution in [2.45, 2.75) is 18.8 Å². The van der Waals surface area contributed by atoms with Crippen LogP contribution < -0.4 is 5.32 Å². The van der Waals surface area contributed by atoms with Gasteiger partial charge in [-0.25, -0.2) is 0 Å². The van der Waals surface area contributed by atoms with Crippen LogP contribution in [0.1, 0.15) is 24.3 Å². The van der Waals surface area contributed by atoms with Crippen LogP contribution in [0.3, 0.4) is 0 Å². The highest BCUT2D eigenvalue weighted by molar-refractivity contribution is 6.22. The van der Waals surface area contributed by atoms with Gasteiger partial charge in [-0.2, -0.15) is 0 Å². The molecule has 1 aromatic heterocycles. The number of nitrogens with zero attached hydrogens (tertiary/aromatic N) is 3. The predicted octanol–water partition coefficient (Wildman–Crippen LogP) is 1.33. The molecular weight excluding hydrogens is 392 g/mol. The number of β-amino-alcohol motifs (C(OH)–C–C–N with tert-alkyl or cyclic N) is 1.